The number of nitrogens with one attached hydrogen (secondary N) is 2. The lowest BCUT2D eigenvalue weighted by molar-refractivity contribution is -0.136. The van der Waals surface area contributed by atoms with E-state index in [1.54, 1.807) is 12.1 Å². The normalized spacial score (nSPS) is 16.2. The van der Waals surface area contributed by atoms with E-state index in [-0.39, 0.29) is 5.54 Å². The molecule has 0 spiro atoms. The number of pyridine rings is 1. The number of hydrogen-bond acceptors (Lipinski definition) is 5. The number of hydrogen-bond donors (Lipinski definition) is 2. The molecule has 1 aliphatic carbocycles. The van der Waals surface area contributed by atoms with E-state index < -0.39 is 11.8 Å². The van der Waals surface area contributed by atoms with Gasteiger partial charge in [0, 0.05) is 18.2 Å². The van der Waals surface area contributed by atoms with Gasteiger partial charge in [-0.25, -0.2) is 4.98 Å². The first kappa shape index (κ1) is 17.2. The predicted octanol–water partition coefficient (Wildman–Crippen LogP) is 1.02. The van der Waals surface area contributed by atoms with Crippen molar-refractivity contribution < 1.29 is 14.3 Å². The van der Waals surface area contributed by atoms with Gasteiger partial charge in [-0.05, 0) is 33.0 Å². The molecule has 0 radical (unpaired) electrons. The highest BCUT2D eigenvalue weighted by Crippen LogP contribution is 2.33. The lowest BCUT2D eigenvalue weighted by atomic mass is 9.96. The van der Waals surface area contributed by atoms with Crippen molar-refractivity contribution in [3.8, 4) is 5.88 Å². The number of carbonyl (C=O) groups is 2. The van der Waals surface area contributed by atoms with Crippen LogP contribution in [0.1, 0.15) is 25.7 Å². The molecule has 2 rings (SSSR count). The van der Waals surface area contributed by atoms with Crippen molar-refractivity contribution >= 4 is 17.5 Å². The van der Waals surface area contributed by atoms with Gasteiger partial charge in [0.05, 0.1) is 19.0 Å². The number of amides is 2. The molecule has 0 bridgehead atoms. The van der Waals surface area contributed by atoms with Gasteiger partial charge >= 0.3 is 11.8 Å². The Morgan fingerprint density at radius 1 is 1.26 bits per heavy atom. The Kier molecular flexibility index (Phi) is 5.54. The summed E-state index contributed by atoms with van der Waals surface area (Å²) in [4.78, 5) is 30.1. The molecule has 1 saturated carbocycles. The fourth-order valence-corrected chi connectivity index (χ4v) is 2.90. The molecule has 1 aliphatic rings. The van der Waals surface area contributed by atoms with E-state index >= 15 is 0 Å². The van der Waals surface area contributed by atoms with Gasteiger partial charge < -0.3 is 20.3 Å². The summed E-state index contributed by atoms with van der Waals surface area (Å²) in [6.45, 7) is 0.479. The highest BCUT2D eigenvalue weighted by atomic mass is 16.5. The van der Waals surface area contributed by atoms with Gasteiger partial charge in [-0.3, -0.25) is 9.59 Å². The number of ether oxygens (including phenoxy) is 1. The zero-order valence-corrected chi connectivity index (χ0v) is 13.9. The second-order valence-corrected chi connectivity index (χ2v) is 6.05. The molecule has 0 unspecified atom stereocenters. The summed E-state index contributed by atoms with van der Waals surface area (Å²) in [5.74, 6) is -0.876. The Hall–Kier alpha value is -2.15. The second-order valence-electron chi connectivity index (χ2n) is 6.05. The summed E-state index contributed by atoms with van der Waals surface area (Å²) < 4.78 is 4.94. The van der Waals surface area contributed by atoms with Gasteiger partial charge in [0.25, 0.3) is 0 Å². The minimum absolute atomic E-state index is 0.0440. The summed E-state index contributed by atoms with van der Waals surface area (Å²) in [7, 11) is 5.54. The Bertz CT molecular complexity index is 551. The maximum atomic E-state index is 12.0. The number of carbonyl (C=O) groups excluding carboxylic acids is 2. The molecule has 1 fully saturated rings. The minimum atomic E-state index is -0.691. The standard InChI is InChI=1S/C16H24N4O3/c1-20(2)16(8-4-5-9-16)11-18-14(21)15(22)19-12-6-7-13(23-3)17-10-12/h6-7,10H,4-5,8-9,11H2,1-3H3,(H,18,21)(H,19,22). The predicted molar refractivity (Wildman–Crippen MR) is 87.3 cm³/mol. The van der Waals surface area contributed by atoms with Crippen molar-refractivity contribution in [1.29, 1.82) is 0 Å². The summed E-state index contributed by atoms with van der Waals surface area (Å²) >= 11 is 0. The van der Waals surface area contributed by atoms with Gasteiger partial charge in [-0.1, -0.05) is 12.8 Å². The smallest absolute Gasteiger partial charge is 0.313 e. The van der Waals surface area contributed by atoms with Crippen molar-refractivity contribution in [3.05, 3.63) is 18.3 Å². The highest BCUT2D eigenvalue weighted by molar-refractivity contribution is 6.39. The van der Waals surface area contributed by atoms with Crippen molar-refractivity contribution in [2.24, 2.45) is 0 Å². The van der Waals surface area contributed by atoms with Crippen LogP contribution in [-0.2, 0) is 9.59 Å². The monoisotopic (exact) mass is 320 g/mol. The van der Waals surface area contributed by atoms with E-state index in [0.29, 0.717) is 18.1 Å². The zero-order valence-electron chi connectivity index (χ0n) is 13.9. The van der Waals surface area contributed by atoms with Crippen LogP contribution in [0.5, 0.6) is 5.88 Å². The Balaban J connectivity index is 1.88. The second kappa shape index (κ2) is 7.41. The molecule has 0 atom stereocenters. The molecule has 1 aromatic heterocycles. The van der Waals surface area contributed by atoms with Crippen molar-refractivity contribution in [2.45, 2.75) is 31.2 Å². The molecule has 0 aliphatic heterocycles. The molecular weight excluding hydrogens is 296 g/mol. The number of aromatic nitrogens is 1. The van der Waals surface area contributed by atoms with Crippen molar-refractivity contribution in [3.63, 3.8) is 0 Å². The van der Waals surface area contributed by atoms with Crippen LogP contribution in [-0.4, -0.2) is 55.0 Å². The molecule has 126 valence electrons. The van der Waals surface area contributed by atoms with Crippen LogP contribution in [0, 0.1) is 0 Å². The third kappa shape index (κ3) is 4.19. The van der Waals surface area contributed by atoms with Crippen molar-refractivity contribution in [2.75, 3.05) is 33.1 Å². The molecule has 23 heavy (non-hydrogen) atoms. The Morgan fingerprint density at radius 2 is 1.96 bits per heavy atom. The molecular formula is C16H24N4O3. The first-order chi connectivity index (χ1) is 11.0. The van der Waals surface area contributed by atoms with E-state index in [1.807, 2.05) is 14.1 Å². The average Bonchev–Trinajstić information content (AvgIpc) is 3.03. The molecule has 1 heterocycles. The third-order valence-electron chi connectivity index (χ3n) is 4.47. The molecule has 7 nitrogen and oxygen atoms in total. The van der Waals surface area contributed by atoms with Crippen LogP contribution in [0.25, 0.3) is 0 Å². The highest BCUT2D eigenvalue weighted by Gasteiger charge is 2.36. The van der Waals surface area contributed by atoms with Gasteiger partial charge in [0.1, 0.15) is 0 Å². The van der Waals surface area contributed by atoms with E-state index in [4.69, 9.17) is 4.74 Å². The van der Waals surface area contributed by atoms with Crippen LogP contribution in [0.2, 0.25) is 0 Å². The number of methoxy groups -OCH3 is 1. The molecule has 0 saturated heterocycles. The summed E-state index contributed by atoms with van der Waals surface area (Å²) in [6.07, 6.45) is 5.81. The fourth-order valence-electron chi connectivity index (χ4n) is 2.90. The number of likely N-dealkylation sites (N-methyl/N-ethyl adjacent to an activating group) is 1. The van der Waals surface area contributed by atoms with Crippen LogP contribution >= 0.6 is 0 Å². The zero-order chi connectivity index (χ0) is 16.9. The van der Waals surface area contributed by atoms with Gasteiger partial charge in [0.15, 0.2) is 0 Å². The molecule has 2 amide bonds. The number of rotatable bonds is 5. The van der Waals surface area contributed by atoms with E-state index in [2.05, 4.69) is 20.5 Å². The molecule has 7 heteroatoms. The van der Waals surface area contributed by atoms with Crippen LogP contribution in [0.3, 0.4) is 0 Å². The van der Waals surface area contributed by atoms with Crippen molar-refractivity contribution in [1.82, 2.24) is 15.2 Å². The maximum Gasteiger partial charge on any atom is 0.313 e. The molecule has 2 N–H and O–H groups in total. The van der Waals surface area contributed by atoms with E-state index in [9.17, 15) is 9.59 Å². The SMILES string of the molecule is COc1ccc(NC(=O)C(=O)NCC2(N(C)C)CCCC2)cn1. The van der Waals surface area contributed by atoms with Crippen LogP contribution in [0.4, 0.5) is 5.69 Å². The fraction of sp³-hybridized carbons (Fsp3) is 0.562. The van der Waals surface area contributed by atoms with Crippen LogP contribution < -0.4 is 15.4 Å². The third-order valence-corrected chi connectivity index (χ3v) is 4.47. The minimum Gasteiger partial charge on any atom is -0.481 e. The quantitative estimate of drug-likeness (QED) is 0.792. The molecule has 1 aromatic rings. The van der Waals surface area contributed by atoms with Gasteiger partial charge in [-0.15, -0.1) is 0 Å². The maximum absolute atomic E-state index is 12.0. The van der Waals surface area contributed by atoms with Gasteiger partial charge in [0.2, 0.25) is 5.88 Å². The Labute approximate surface area is 136 Å². The van der Waals surface area contributed by atoms with E-state index in [1.165, 1.54) is 13.3 Å². The summed E-state index contributed by atoms with van der Waals surface area (Å²) in [6, 6.07) is 3.25. The lowest BCUT2D eigenvalue weighted by Crippen LogP contribution is -2.52. The van der Waals surface area contributed by atoms with Crippen LogP contribution in [0.15, 0.2) is 18.3 Å². The number of nitrogens with zero attached hydrogens (tertiary/aromatic N) is 2. The average molecular weight is 320 g/mol. The largest absolute Gasteiger partial charge is 0.481 e. The topological polar surface area (TPSA) is 83.6 Å². The first-order valence-corrected chi connectivity index (χ1v) is 7.73. The lowest BCUT2D eigenvalue weighted by Gasteiger charge is -2.36. The Morgan fingerprint density at radius 3 is 2.48 bits per heavy atom. The van der Waals surface area contributed by atoms with E-state index in [0.717, 1.165) is 25.7 Å². The molecule has 0 aromatic carbocycles. The first-order valence-electron chi connectivity index (χ1n) is 7.73. The number of anilines is 1. The van der Waals surface area contributed by atoms with Gasteiger partial charge in [-0.2, -0.15) is 0 Å². The summed E-state index contributed by atoms with van der Waals surface area (Å²) in [5.41, 5.74) is 0.409. The summed E-state index contributed by atoms with van der Waals surface area (Å²) in [5, 5.41) is 5.28.